The lowest BCUT2D eigenvalue weighted by Gasteiger charge is -2.14. The maximum absolute atomic E-state index is 12.4. The molecule has 4 rings (SSSR count). The van der Waals surface area contributed by atoms with E-state index in [-0.39, 0.29) is 17.9 Å². The van der Waals surface area contributed by atoms with Crippen LogP contribution < -0.4 is 10.6 Å². The summed E-state index contributed by atoms with van der Waals surface area (Å²) in [5.41, 5.74) is 2.29. The molecule has 0 spiro atoms. The molecule has 1 amide bonds. The highest BCUT2D eigenvalue weighted by Crippen LogP contribution is 2.48. The molecule has 2 aliphatic rings. The van der Waals surface area contributed by atoms with E-state index in [4.69, 9.17) is 0 Å². The molecule has 4 atom stereocenters. The SMILES string of the molecule is Cc1cccn2c([C@@H](C)NC(=O)C3[C@H]4CNC[C@@H]34)ncc12. The van der Waals surface area contributed by atoms with Gasteiger partial charge in [-0.15, -0.1) is 0 Å². The van der Waals surface area contributed by atoms with Crippen molar-refractivity contribution in [2.24, 2.45) is 17.8 Å². The fourth-order valence-corrected chi connectivity index (χ4v) is 3.68. The molecule has 110 valence electrons. The predicted octanol–water partition coefficient (Wildman–Crippen LogP) is 1.29. The predicted molar refractivity (Wildman–Crippen MR) is 79.8 cm³/mol. The van der Waals surface area contributed by atoms with Crippen LogP contribution in [0.5, 0.6) is 0 Å². The van der Waals surface area contributed by atoms with Crippen LogP contribution >= 0.6 is 0 Å². The van der Waals surface area contributed by atoms with Gasteiger partial charge >= 0.3 is 0 Å². The Kier molecular flexibility index (Phi) is 2.79. The number of carbonyl (C=O) groups is 1. The molecule has 3 heterocycles. The Morgan fingerprint density at radius 1 is 1.48 bits per heavy atom. The first-order valence-corrected chi connectivity index (χ1v) is 7.60. The minimum atomic E-state index is -0.0731. The quantitative estimate of drug-likeness (QED) is 0.893. The molecule has 21 heavy (non-hydrogen) atoms. The molecule has 0 radical (unpaired) electrons. The number of piperidine rings is 1. The van der Waals surface area contributed by atoms with Crippen LogP contribution in [0.3, 0.4) is 0 Å². The maximum Gasteiger partial charge on any atom is 0.224 e. The highest BCUT2D eigenvalue weighted by Gasteiger charge is 2.56. The van der Waals surface area contributed by atoms with Gasteiger partial charge in [-0.25, -0.2) is 4.98 Å². The molecule has 2 aromatic rings. The van der Waals surface area contributed by atoms with Gasteiger partial charge in [-0.3, -0.25) is 4.79 Å². The Balaban J connectivity index is 1.52. The van der Waals surface area contributed by atoms with Crippen molar-refractivity contribution in [1.29, 1.82) is 0 Å². The van der Waals surface area contributed by atoms with Crippen LogP contribution in [0.25, 0.3) is 5.52 Å². The zero-order valence-electron chi connectivity index (χ0n) is 12.3. The lowest BCUT2D eigenvalue weighted by atomic mass is 10.2. The van der Waals surface area contributed by atoms with Gasteiger partial charge in [-0.05, 0) is 50.4 Å². The fourth-order valence-electron chi connectivity index (χ4n) is 3.68. The average molecular weight is 284 g/mol. The van der Waals surface area contributed by atoms with Crippen molar-refractivity contribution in [3.05, 3.63) is 35.9 Å². The van der Waals surface area contributed by atoms with Gasteiger partial charge in [-0.2, -0.15) is 0 Å². The molecule has 5 heteroatoms. The third-order valence-electron chi connectivity index (χ3n) is 4.95. The first-order chi connectivity index (χ1) is 10.2. The average Bonchev–Trinajstić information content (AvgIpc) is 2.84. The number of fused-ring (bicyclic) bond motifs is 2. The zero-order valence-corrected chi connectivity index (χ0v) is 12.3. The number of carbonyl (C=O) groups excluding carboxylic acids is 1. The van der Waals surface area contributed by atoms with Crippen LogP contribution in [0, 0.1) is 24.7 Å². The van der Waals surface area contributed by atoms with E-state index < -0.39 is 0 Å². The van der Waals surface area contributed by atoms with Crippen LogP contribution in [-0.2, 0) is 4.79 Å². The number of nitrogens with one attached hydrogen (secondary N) is 2. The largest absolute Gasteiger partial charge is 0.346 e. The van der Waals surface area contributed by atoms with Crippen molar-refractivity contribution >= 4 is 11.4 Å². The summed E-state index contributed by atoms with van der Waals surface area (Å²) in [6.45, 7) is 6.05. The first kappa shape index (κ1) is 12.8. The number of rotatable bonds is 3. The summed E-state index contributed by atoms with van der Waals surface area (Å²) < 4.78 is 2.07. The molecular weight excluding hydrogens is 264 g/mol. The van der Waals surface area contributed by atoms with Crippen LogP contribution in [0.15, 0.2) is 24.5 Å². The Bertz CT molecular complexity index is 697. The minimum absolute atomic E-state index is 0.0731. The number of pyridine rings is 1. The zero-order chi connectivity index (χ0) is 14.6. The number of hydrogen-bond donors (Lipinski definition) is 2. The molecule has 1 saturated heterocycles. The monoisotopic (exact) mass is 284 g/mol. The summed E-state index contributed by atoms with van der Waals surface area (Å²) in [7, 11) is 0. The fraction of sp³-hybridized carbons (Fsp3) is 0.500. The Labute approximate surface area is 123 Å². The van der Waals surface area contributed by atoms with Crippen LogP contribution in [0.2, 0.25) is 0 Å². The van der Waals surface area contributed by atoms with E-state index >= 15 is 0 Å². The molecule has 0 bridgehead atoms. The van der Waals surface area contributed by atoms with Gasteiger partial charge in [0.15, 0.2) is 0 Å². The first-order valence-electron chi connectivity index (χ1n) is 7.60. The topological polar surface area (TPSA) is 58.4 Å². The van der Waals surface area contributed by atoms with Gasteiger partial charge in [0.25, 0.3) is 0 Å². The van der Waals surface area contributed by atoms with E-state index in [0.29, 0.717) is 11.8 Å². The number of hydrogen-bond acceptors (Lipinski definition) is 3. The van der Waals surface area contributed by atoms with Crippen LogP contribution in [-0.4, -0.2) is 28.4 Å². The van der Waals surface area contributed by atoms with Crippen molar-refractivity contribution < 1.29 is 4.79 Å². The van der Waals surface area contributed by atoms with E-state index in [1.807, 2.05) is 25.4 Å². The molecule has 0 aromatic carbocycles. The standard InChI is InChI=1S/C16H20N4O/c1-9-4-3-5-20-13(9)8-18-15(20)10(2)19-16(21)14-11-6-17-7-12(11)14/h3-5,8,10-12,14,17H,6-7H2,1-2H3,(H,19,21)/t10-,11-,12+,14?/m1/s1. The van der Waals surface area contributed by atoms with E-state index in [2.05, 4.69) is 33.0 Å². The van der Waals surface area contributed by atoms with Crippen molar-refractivity contribution in [3.63, 3.8) is 0 Å². The van der Waals surface area contributed by atoms with Gasteiger partial charge in [0, 0.05) is 12.1 Å². The molecule has 2 fully saturated rings. The number of nitrogens with zero attached hydrogens (tertiary/aromatic N) is 2. The number of imidazole rings is 1. The molecule has 1 saturated carbocycles. The number of amides is 1. The lowest BCUT2D eigenvalue weighted by Crippen LogP contribution is -2.32. The molecular formula is C16H20N4O. The smallest absolute Gasteiger partial charge is 0.224 e. The normalized spacial score (nSPS) is 28.4. The van der Waals surface area contributed by atoms with Crippen molar-refractivity contribution in [2.45, 2.75) is 19.9 Å². The number of aryl methyl sites for hydroxylation is 1. The van der Waals surface area contributed by atoms with Gasteiger partial charge in [-0.1, -0.05) is 6.07 Å². The second-order valence-electron chi connectivity index (χ2n) is 6.30. The molecule has 2 N–H and O–H groups in total. The van der Waals surface area contributed by atoms with E-state index in [1.54, 1.807) is 0 Å². The maximum atomic E-state index is 12.4. The summed E-state index contributed by atoms with van der Waals surface area (Å²) in [4.78, 5) is 16.8. The Morgan fingerprint density at radius 2 is 2.24 bits per heavy atom. The second-order valence-corrected chi connectivity index (χ2v) is 6.30. The van der Waals surface area contributed by atoms with Crippen LogP contribution in [0.4, 0.5) is 0 Å². The van der Waals surface area contributed by atoms with Crippen molar-refractivity contribution in [2.75, 3.05) is 13.1 Å². The van der Waals surface area contributed by atoms with Gasteiger partial charge < -0.3 is 15.0 Å². The molecule has 5 nitrogen and oxygen atoms in total. The third kappa shape index (κ3) is 1.95. The number of aromatic nitrogens is 2. The van der Waals surface area contributed by atoms with Gasteiger partial charge in [0.1, 0.15) is 5.82 Å². The van der Waals surface area contributed by atoms with Crippen LogP contribution in [0.1, 0.15) is 24.4 Å². The van der Waals surface area contributed by atoms with E-state index in [1.165, 1.54) is 5.56 Å². The van der Waals surface area contributed by atoms with Crippen molar-refractivity contribution in [3.8, 4) is 0 Å². The lowest BCUT2D eigenvalue weighted by molar-refractivity contribution is -0.123. The Morgan fingerprint density at radius 3 is 3.00 bits per heavy atom. The van der Waals surface area contributed by atoms with Gasteiger partial charge in [0.2, 0.25) is 5.91 Å². The minimum Gasteiger partial charge on any atom is -0.346 e. The molecule has 1 unspecified atom stereocenters. The summed E-state index contributed by atoms with van der Waals surface area (Å²) >= 11 is 0. The van der Waals surface area contributed by atoms with E-state index in [0.717, 1.165) is 24.4 Å². The van der Waals surface area contributed by atoms with Crippen molar-refractivity contribution in [1.82, 2.24) is 20.0 Å². The summed E-state index contributed by atoms with van der Waals surface area (Å²) in [6.07, 6.45) is 3.88. The van der Waals surface area contributed by atoms with E-state index in [9.17, 15) is 4.79 Å². The highest BCUT2D eigenvalue weighted by molar-refractivity contribution is 5.83. The Hall–Kier alpha value is -1.88. The highest BCUT2D eigenvalue weighted by atomic mass is 16.2. The molecule has 1 aliphatic carbocycles. The molecule has 1 aliphatic heterocycles. The molecule has 2 aromatic heterocycles. The second kappa shape index (κ2) is 4.56. The summed E-state index contributed by atoms with van der Waals surface area (Å²) in [6, 6.07) is 4.01. The third-order valence-corrected chi connectivity index (χ3v) is 4.95. The summed E-state index contributed by atoms with van der Waals surface area (Å²) in [5.74, 6) is 2.39. The van der Waals surface area contributed by atoms with Gasteiger partial charge in [0.05, 0.1) is 17.8 Å². The summed E-state index contributed by atoms with van der Waals surface area (Å²) in [5, 5.41) is 6.46.